The standard InChI is InChI=1S/C42H56N7O5PS/c1-10-48(11-2)32-18-20-34(37(24-32)43-30(6)50)45-46-36-16-14-22-42(9,27-40(36)56(52,53)54)28-41(8)23-15-17-39(29(5)26-41)55-47-35-21-19-33(49(12-3)13-4)25-38(35)44-31(7)51/h14-27,47,55H,10-13,28H2,1-9H3,(H,43,50)(H,44,51)(H,52,53,54). The number of allylic oxidation sites excluding steroid dienone is 10. The summed E-state index contributed by atoms with van der Waals surface area (Å²) < 4.78 is 36.3. The van der Waals surface area contributed by atoms with E-state index in [1.54, 1.807) is 12.1 Å². The number of amides is 2. The van der Waals surface area contributed by atoms with Crippen molar-refractivity contribution >= 4 is 64.8 Å². The van der Waals surface area contributed by atoms with Crippen molar-refractivity contribution in [2.24, 2.45) is 21.1 Å². The van der Waals surface area contributed by atoms with Crippen molar-refractivity contribution in [3.63, 3.8) is 0 Å². The number of benzene rings is 2. The normalized spacial score (nSPS) is 19.8. The molecule has 300 valence electrons. The SMILES string of the molecule is CCN(CC)c1ccc(N=NC2=CC=CC(C)(CC3(C)C=CC=C(PNc4ccc(N(CC)CC)cc4NC(C)=O)C(C)=C3)C=C2S(=O)(=O)O)c(NC(C)=O)c1. The molecule has 4 rings (SSSR count). The van der Waals surface area contributed by atoms with Crippen LogP contribution in [0.5, 0.6) is 0 Å². The smallest absolute Gasteiger partial charge is 0.296 e. The van der Waals surface area contributed by atoms with Gasteiger partial charge in [0.2, 0.25) is 11.8 Å². The monoisotopic (exact) mass is 801 g/mol. The Bertz CT molecular complexity index is 2130. The maximum absolute atomic E-state index is 12.9. The molecule has 2 amide bonds. The second-order valence-electron chi connectivity index (χ2n) is 14.4. The van der Waals surface area contributed by atoms with Crippen LogP contribution in [0.15, 0.2) is 117 Å². The summed E-state index contributed by atoms with van der Waals surface area (Å²) in [4.78, 5) is 28.1. The summed E-state index contributed by atoms with van der Waals surface area (Å²) in [6, 6.07) is 11.4. The van der Waals surface area contributed by atoms with Crippen LogP contribution < -0.4 is 25.5 Å². The lowest BCUT2D eigenvalue weighted by atomic mass is 9.72. The molecule has 4 N–H and O–H groups in total. The van der Waals surface area contributed by atoms with Crippen LogP contribution in [-0.2, 0) is 19.7 Å². The van der Waals surface area contributed by atoms with Crippen LogP contribution in [0.1, 0.15) is 68.7 Å². The molecular weight excluding hydrogens is 746 g/mol. The van der Waals surface area contributed by atoms with Crippen molar-refractivity contribution in [1.29, 1.82) is 0 Å². The summed E-state index contributed by atoms with van der Waals surface area (Å²) in [7, 11) is -4.53. The van der Waals surface area contributed by atoms with Crippen LogP contribution >= 0.6 is 8.73 Å². The summed E-state index contributed by atoms with van der Waals surface area (Å²) in [5, 5.41) is 19.0. The van der Waals surface area contributed by atoms with Crippen molar-refractivity contribution in [2.45, 2.75) is 68.7 Å². The number of hydrogen-bond acceptors (Lipinski definition) is 9. The molecule has 2 aliphatic carbocycles. The van der Waals surface area contributed by atoms with Gasteiger partial charge in [0, 0.05) is 71.0 Å². The minimum Gasteiger partial charge on any atom is -0.372 e. The lowest BCUT2D eigenvalue weighted by Gasteiger charge is -2.33. The van der Waals surface area contributed by atoms with E-state index in [2.05, 4.69) is 87.7 Å². The van der Waals surface area contributed by atoms with Gasteiger partial charge in [0.1, 0.15) is 16.3 Å². The van der Waals surface area contributed by atoms with E-state index in [1.807, 2.05) is 57.2 Å². The minimum absolute atomic E-state index is 0.0395. The molecule has 0 radical (unpaired) electrons. The third-order valence-electron chi connectivity index (χ3n) is 9.65. The number of carbonyl (C=O) groups excluding carboxylic acids is 2. The topological polar surface area (TPSA) is 156 Å². The van der Waals surface area contributed by atoms with Gasteiger partial charge in [-0.25, -0.2) is 0 Å². The van der Waals surface area contributed by atoms with Crippen molar-refractivity contribution in [2.75, 3.05) is 51.7 Å². The summed E-state index contributed by atoms with van der Waals surface area (Å²) in [6.07, 6.45) is 15.5. The van der Waals surface area contributed by atoms with Gasteiger partial charge in [-0.3, -0.25) is 14.1 Å². The van der Waals surface area contributed by atoms with Crippen LogP contribution in [-0.4, -0.2) is 51.0 Å². The Morgan fingerprint density at radius 1 is 0.768 bits per heavy atom. The average molecular weight is 802 g/mol. The Morgan fingerprint density at radius 2 is 1.30 bits per heavy atom. The van der Waals surface area contributed by atoms with E-state index in [0.29, 0.717) is 23.5 Å². The molecule has 0 saturated carbocycles. The van der Waals surface area contributed by atoms with E-state index >= 15 is 0 Å². The van der Waals surface area contributed by atoms with Crippen LogP contribution in [0, 0.1) is 10.8 Å². The van der Waals surface area contributed by atoms with Crippen molar-refractivity contribution in [3.8, 4) is 0 Å². The van der Waals surface area contributed by atoms with Gasteiger partial charge in [-0.1, -0.05) is 56.4 Å². The first-order valence-corrected chi connectivity index (χ1v) is 21.3. The second-order valence-corrected chi connectivity index (χ2v) is 16.9. The molecule has 3 atom stereocenters. The van der Waals surface area contributed by atoms with Crippen LogP contribution in [0.2, 0.25) is 0 Å². The van der Waals surface area contributed by atoms with Gasteiger partial charge in [-0.2, -0.15) is 8.42 Å². The van der Waals surface area contributed by atoms with Crippen molar-refractivity contribution in [1.82, 2.24) is 0 Å². The molecule has 56 heavy (non-hydrogen) atoms. The van der Waals surface area contributed by atoms with Crippen LogP contribution in [0.4, 0.5) is 34.1 Å². The van der Waals surface area contributed by atoms with Gasteiger partial charge in [0.25, 0.3) is 10.1 Å². The molecule has 0 saturated heterocycles. The Morgan fingerprint density at radius 3 is 1.88 bits per heavy atom. The maximum Gasteiger partial charge on any atom is 0.296 e. The Balaban J connectivity index is 1.59. The lowest BCUT2D eigenvalue weighted by Crippen LogP contribution is -2.23. The van der Waals surface area contributed by atoms with Gasteiger partial charge in [-0.05, 0) is 94.4 Å². The number of azo groups is 1. The molecule has 0 spiro atoms. The Hall–Kier alpha value is -4.84. The zero-order valence-electron chi connectivity index (χ0n) is 33.9. The molecule has 0 fully saturated rings. The molecular formula is C42H56N7O5PS. The summed E-state index contributed by atoms with van der Waals surface area (Å²) >= 11 is 0. The fourth-order valence-electron chi connectivity index (χ4n) is 7.10. The number of anilines is 5. The first-order valence-electron chi connectivity index (χ1n) is 18.9. The van der Waals surface area contributed by atoms with Crippen molar-refractivity contribution in [3.05, 3.63) is 106 Å². The van der Waals surface area contributed by atoms with E-state index in [1.165, 1.54) is 26.0 Å². The number of hydrogen-bond donors (Lipinski definition) is 4. The molecule has 2 aromatic carbocycles. The largest absolute Gasteiger partial charge is 0.372 e. The number of nitrogens with one attached hydrogen (secondary N) is 3. The zero-order chi connectivity index (χ0) is 41.3. The van der Waals surface area contributed by atoms with Gasteiger partial charge < -0.3 is 25.5 Å². The summed E-state index contributed by atoms with van der Waals surface area (Å²) in [6.45, 7) is 20.5. The van der Waals surface area contributed by atoms with Gasteiger partial charge in [0.05, 0.1) is 17.1 Å². The molecule has 14 heteroatoms. The number of rotatable bonds is 16. The predicted molar refractivity (Wildman–Crippen MR) is 234 cm³/mol. The van der Waals surface area contributed by atoms with Crippen LogP contribution in [0.25, 0.3) is 0 Å². The van der Waals surface area contributed by atoms with E-state index in [9.17, 15) is 22.6 Å². The lowest BCUT2D eigenvalue weighted by molar-refractivity contribution is -0.115. The van der Waals surface area contributed by atoms with Crippen LogP contribution in [0.3, 0.4) is 0 Å². The molecule has 0 aliphatic heterocycles. The maximum atomic E-state index is 12.9. The zero-order valence-corrected chi connectivity index (χ0v) is 35.7. The summed E-state index contributed by atoms with van der Waals surface area (Å²) in [5.41, 5.74) is 3.91. The fraction of sp³-hybridized carbons (Fsp3) is 0.381. The minimum atomic E-state index is -4.73. The average Bonchev–Trinajstić information content (AvgIpc) is 3.37. The summed E-state index contributed by atoms with van der Waals surface area (Å²) in [5.74, 6) is -0.434. The van der Waals surface area contributed by atoms with E-state index in [0.717, 1.165) is 54.1 Å². The molecule has 0 heterocycles. The first kappa shape index (κ1) is 43.9. The van der Waals surface area contributed by atoms with E-state index in [-0.39, 0.29) is 31.1 Å². The van der Waals surface area contributed by atoms with E-state index < -0.39 is 20.9 Å². The quantitative estimate of drug-likeness (QED) is 0.0743. The highest BCUT2D eigenvalue weighted by Gasteiger charge is 2.34. The predicted octanol–water partition coefficient (Wildman–Crippen LogP) is 10.1. The Kier molecular flexibility index (Phi) is 14.8. The van der Waals surface area contributed by atoms with Gasteiger partial charge in [0.15, 0.2) is 0 Å². The molecule has 0 bridgehead atoms. The van der Waals surface area contributed by atoms with E-state index in [4.69, 9.17) is 0 Å². The molecule has 3 unspecified atom stereocenters. The van der Waals surface area contributed by atoms with Gasteiger partial charge in [-0.15, -0.1) is 10.2 Å². The molecule has 12 nitrogen and oxygen atoms in total. The number of nitrogens with zero attached hydrogens (tertiary/aromatic N) is 4. The molecule has 2 aliphatic rings. The second kappa shape index (κ2) is 18.9. The Labute approximate surface area is 334 Å². The first-order chi connectivity index (χ1) is 26.4. The fourth-order valence-corrected chi connectivity index (χ4v) is 8.83. The van der Waals surface area contributed by atoms with Gasteiger partial charge >= 0.3 is 0 Å². The number of carbonyl (C=O) groups is 2. The molecule has 0 aromatic heterocycles. The highest BCUT2D eigenvalue weighted by atomic mass is 32.2. The third kappa shape index (κ3) is 11.6. The van der Waals surface area contributed by atoms with Crippen molar-refractivity contribution < 1.29 is 22.6 Å². The highest BCUT2D eigenvalue weighted by molar-refractivity contribution is 7.90. The molecule has 2 aromatic rings. The third-order valence-corrected chi connectivity index (χ3v) is 11.8. The highest BCUT2D eigenvalue weighted by Crippen LogP contribution is 2.46.